The average molecular weight is 403 g/mol. The predicted octanol–water partition coefficient (Wildman–Crippen LogP) is 2.47. The predicted molar refractivity (Wildman–Crippen MR) is 109 cm³/mol. The highest BCUT2D eigenvalue weighted by Crippen LogP contribution is 2.20. The number of thiazole rings is 1. The van der Waals surface area contributed by atoms with Crippen LogP contribution in [0.1, 0.15) is 61.4 Å². The molecule has 0 atom stereocenters. The van der Waals surface area contributed by atoms with Gasteiger partial charge in [-0.3, -0.25) is 9.69 Å². The average Bonchev–Trinajstić information content (AvgIpc) is 3.23. The fourth-order valence-electron chi connectivity index (χ4n) is 3.95. The second-order valence-corrected chi connectivity index (χ2v) is 9.05. The van der Waals surface area contributed by atoms with E-state index in [1.54, 1.807) is 11.3 Å². The highest BCUT2D eigenvalue weighted by Gasteiger charge is 2.24. The van der Waals surface area contributed by atoms with Crippen molar-refractivity contribution in [2.24, 2.45) is 0 Å². The highest BCUT2D eigenvalue weighted by molar-refractivity contribution is 7.09. The summed E-state index contributed by atoms with van der Waals surface area (Å²) in [4.78, 5) is 21.6. The Morgan fingerprint density at radius 3 is 2.68 bits per heavy atom. The standard InChI is InChI=1S/C20H30N6OS/c1-15(2)20-21-16(14-28-20)12-19(27)25-10-8-24(9-11-25)13-18-23-22-17-6-4-3-5-7-26(17)18/h14-15H,3-13H2,1-2H3. The third-order valence-electron chi connectivity index (χ3n) is 5.67. The Kier molecular flexibility index (Phi) is 6.06. The molecule has 0 N–H and O–H groups in total. The minimum absolute atomic E-state index is 0.191. The lowest BCUT2D eigenvalue weighted by Gasteiger charge is -2.34. The number of hydrogen-bond donors (Lipinski definition) is 0. The molecule has 0 aromatic carbocycles. The van der Waals surface area contributed by atoms with Gasteiger partial charge in [-0.15, -0.1) is 21.5 Å². The van der Waals surface area contributed by atoms with E-state index in [0.717, 1.165) is 68.0 Å². The van der Waals surface area contributed by atoms with E-state index in [1.807, 2.05) is 10.3 Å². The largest absolute Gasteiger partial charge is 0.340 e. The summed E-state index contributed by atoms with van der Waals surface area (Å²) in [6, 6.07) is 0. The first-order chi connectivity index (χ1) is 13.6. The van der Waals surface area contributed by atoms with Crippen molar-refractivity contribution < 1.29 is 4.79 Å². The van der Waals surface area contributed by atoms with Crippen LogP contribution < -0.4 is 0 Å². The Hall–Kier alpha value is -1.80. The van der Waals surface area contributed by atoms with Crippen molar-refractivity contribution in [2.45, 2.75) is 65.0 Å². The van der Waals surface area contributed by atoms with Crippen molar-refractivity contribution in [2.75, 3.05) is 26.2 Å². The summed E-state index contributed by atoms with van der Waals surface area (Å²) in [7, 11) is 0. The quantitative estimate of drug-likeness (QED) is 0.769. The number of piperazine rings is 1. The monoisotopic (exact) mass is 402 g/mol. The van der Waals surface area contributed by atoms with Crippen LogP contribution in [0.5, 0.6) is 0 Å². The molecule has 1 amide bonds. The number of amides is 1. The van der Waals surface area contributed by atoms with Crippen LogP contribution in [0.15, 0.2) is 5.38 Å². The molecule has 8 heteroatoms. The number of hydrogen-bond acceptors (Lipinski definition) is 6. The van der Waals surface area contributed by atoms with E-state index >= 15 is 0 Å². The molecule has 2 aliphatic heterocycles. The van der Waals surface area contributed by atoms with Crippen LogP contribution in [0.2, 0.25) is 0 Å². The number of carbonyl (C=O) groups is 1. The normalized spacial score (nSPS) is 18.3. The number of aromatic nitrogens is 4. The summed E-state index contributed by atoms with van der Waals surface area (Å²) in [5, 5.41) is 12.0. The van der Waals surface area contributed by atoms with Gasteiger partial charge in [0.25, 0.3) is 0 Å². The molecule has 152 valence electrons. The van der Waals surface area contributed by atoms with E-state index < -0.39 is 0 Å². The Morgan fingerprint density at radius 1 is 1.11 bits per heavy atom. The maximum absolute atomic E-state index is 12.6. The first kappa shape index (κ1) is 19.5. The zero-order chi connectivity index (χ0) is 19.5. The highest BCUT2D eigenvalue weighted by atomic mass is 32.1. The van der Waals surface area contributed by atoms with Crippen LogP contribution in [0.4, 0.5) is 0 Å². The third-order valence-corrected chi connectivity index (χ3v) is 6.87. The zero-order valence-electron chi connectivity index (χ0n) is 16.9. The van der Waals surface area contributed by atoms with Gasteiger partial charge in [0.15, 0.2) is 0 Å². The Morgan fingerprint density at radius 2 is 1.93 bits per heavy atom. The molecule has 1 saturated heterocycles. The van der Waals surface area contributed by atoms with Crippen molar-refractivity contribution in [3.63, 3.8) is 0 Å². The lowest BCUT2D eigenvalue weighted by atomic mass is 10.2. The van der Waals surface area contributed by atoms with Gasteiger partial charge in [-0.05, 0) is 12.8 Å². The second-order valence-electron chi connectivity index (χ2n) is 8.16. The molecular weight excluding hydrogens is 372 g/mol. The van der Waals surface area contributed by atoms with Gasteiger partial charge < -0.3 is 9.47 Å². The maximum Gasteiger partial charge on any atom is 0.228 e. The van der Waals surface area contributed by atoms with E-state index in [-0.39, 0.29) is 5.91 Å². The summed E-state index contributed by atoms with van der Waals surface area (Å²) in [6.45, 7) is 9.49. The van der Waals surface area contributed by atoms with Gasteiger partial charge in [0.1, 0.15) is 11.6 Å². The van der Waals surface area contributed by atoms with E-state index in [2.05, 4.69) is 38.5 Å². The molecule has 28 heavy (non-hydrogen) atoms. The van der Waals surface area contributed by atoms with Crippen molar-refractivity contribution in [3.05, 3.63) is 27.7 Å². The maximum atomic E-state index is 12.6. The second kappa shape index (κ2) is 8.69. The molecule has 0 unspecified atom stereocenters. The molecule has 0 saturated carbocycles. The molecule has 4 rings (SSSR count). The molecule has 0 spiro atoms. The summed E-state index contributed by atoms with van der Waals surface area (Å²) in [5.41, 5.74) is 0.910. The van der Waals surface area contributed by atoms with Gasteiger partial charge in [-0.25, -0.2) is 4.98 Å². The molecular formula is C20H30N6OS. The molecule has 2 aliphatic rings. The molecule has 0 bridgehead atoms. The molecule has 0 radical (unpaired) electrons. The number of rotatable bonds is 5. The van der Waals surface area contributed by atoms with Crippen LogP contribution in [0.3, 0.4) is 0 Å². The first-order valence-corrected chi connectivity index (χ1v) is 11.3. The summed E-state index contributed by atoms with van der Waals surface area (Å²) in [6.07, 6.45) is 5.18. The van der Waals surface area contributed by atoms with Gasteiger partial charge in [0, 0.05) is 50.4 Å². The smallest absolute Gasteiger partial charge is 0.228 e. The number of aryl methyl sites for hydroxylation is 1. The van der Waals surface area contributed by atoms with Crippen molar-refractivity contribution >= 4 is 17.2 Å². The Bertz CT molecular complexity index is 805. The number of fused-ring (bicyclic) bond motifs is 1. The molecule has 7 nitrogen and oxygen atoms in total. The van der Waals surface area contributed by atoms with E-state index in [4.69, 9.17) is 0 Å². The van der Waals surface area contributed by atoms with Crippen molar-refractivity contribution in [1.29, 1.82) is 0 Å². The molecule has 2 aromatic rings. The molecule has 0 aliphatic carbocycles. The Labute approximate surface area is 170 Å². The van der Waals surface area contributed by atoms with Gasteiger partial charge in [-0.1, -0.05) is 20.3 Å². The van der Waals surface area contributed by atoms with Crippen molar-refractivity contribution in [3.8, 4) is 0 Å². The van der Waals surface area contributed by atoms with E-state index in [1.165, 1.54) is 19.3 Å². The third kappa shape index (κ3) is 4.43. The van der Waals surface area contributed by atoms with Crippen molar-refractivity contribution in [1.82, 2.24) is 29.5 Å². The van der Waals surface area contributed by atoms with Crippen LogP contribution >= 0.6 is 11.3 Å². The number of nitrogens with zero attached hydrogens (tertiary/aromatic N) is 6. The van der Waals surface area contributed by atoms with Gasteiger partial charge >= 0.3 is 0 Å². The molecule has 4 heterocycles. The van der Waals surface area contributed by atoms with Crippen LogP contribution in [-0.2, 0) is 30.7 Å². The zero-order valence-corrected chi connectivity index (χ0v) is 17.7. The van der Waals surface area contributed by atoms with Crippen LogP contribution in [0, 0.1) is 0 Å². The number of carbonyl (C=O) groups excluding carboxylic acids is 1. The summed E-state index contributed by atoms with van der Waals surface area (Å²) in [5.74, 6) is 2.84. The summed E-state index contributed by atoms with van der Waals surface area (Å²) >= 11 is 1.66. The van der Waals surface area contributed by atoms with E-state index in [0.29, 0.717) is 12.3 Å². The minimum Gasteiger partial charge on any atom is -0.340 e. The lowest BCUT2D eigenvalue weighted by molar-refractivity contribution is -0.132. The van der Waals surface area contributed by atoms with Gasteiger partial charge in [0.2, 0.25) is 5.91 Å². The topological polar surface area (TPSA) is 67.2 Å². The minimum atomic E-state index is 0.191. The Balaban J connectivity index is 1.28. The fourth-order valence-corrected chi connectivity index (χ4v) is 4.79. The van der Waals surface area contributed by atoms with E-state index in [9.17, 15) is 4.79 Å². The lowest BCUT2D eigenvalue weighted by Crippen LogP contribution is -2.49. The fraction of sp³-hybridized carbons (Fsp3) is 0.700. The van der Waals surface area contributed by atoms with Crippen LogP contribution in [-0.4, -0.2) is 61.6 Å². The SMILES string of the molecule is CC(C)c1nc(CC(=O)N2CCN(Cc3nnc4n3CCCCC4)CC2)cs1. The van der Waals surface area contributed by atoms with Gasteiger partial charge in [0.05, 0.1) is 23.7 Å². The first-order valence-electron chi connectivity index (χ1n) is 10.5. The molecule has 2 aromatic heterocycles. The summed E-state index contributed by atoms with van der Waals surface area (Å²) < 4.78 is 2.32. The van der Waals surface area contributed by atoms with Gasteiger partial charge in [-0.2, -0.15) is 0 Å². The molecule has 1 fully saturated rings. The van der Waals surface area contributed by atoms with Crippen LogP contribution in [0.25, 0.3) is 0 Å².